The Morgan fingerprint density at radius 2 is 1.83 bits per heavy atom. The predicted molar refractivity (Wildman–Crippen MR) is 91.3 cm³/mol. The molecule has 1 saturated carbocycles. The maximum atomic E-state index is 11.8. The van der Waals surface area contributed by atoms with Gasteiger partial charge in [-0.2, -0.15) is 0 Å². The van der Waals surface area contributed by atoms with Crippen LogP contribution in [0.2, 0.25) is 0 Å². The van der Waals surface area contributed by atoms with Gasteiger partial charge in [0.1, 0.15) is 0 Å². The average molecular weight is 312 g/mol. The molecule has 0 aliphatic heterocycles. The van der Waals surface area contributed by atoms with Crippen LogP contribution < -0.4 is 5.32 Å². The van der Waals surface area contributed by atoms with E-state index in [1.54, 1.807) is 0 Å². The molecular weight excluding hydrogens is 288 g/mol. The third-order valence-corrected chi connectivity index (χ3v) is 4.92. The van der Waals surface area contributed by atoms with Crippen LogP contribution in [0.1, 0.15) is 53.0 Å². The molecule has 1 aliphatic carbocycles. The van der Waals surface area contributed by atoms with E-state index in [-0.39, 0.29) is 0 Å². The Morgan fingerprint density at radius 1 is 1.17 bits per heavy atom. The zero-order chi connectivity index (χ0) is 16.4. The molecule has 0 bridgehead atoms. The van der Waals surface area contributed by atoms with Gasteiger partial charge in [-0.05, 0) is 38.8 Å². The van der Waals surface area contributed by atoms with Crippen LogP contribution >= 0.6 is 0 Å². The molecule has 4 heteroatoms. The fraction of sp³-hybridized carbons (Fsp3) is 0.421. The summed E-state index contributed by atoms with van der Waals surface area (Å²) in [6, 6.07) is 10.5. The fourth-order valence-corrected chi connectivity index (χ4v) is 3.74. The van der Waals surface area contributed by atoms with E-state index in [4.69, 9.17) is 0 Å². The summed E-state index contributed by atoms with van der Waals surface area (Å²) in [5, 5.41) is 13.2. The second kappa shape index (κ2) is 6.59. The summed E-state index contributed by atoms with van der Waals surface area (Å²) in [5.41, 5.74) is 4.17. The first-order valence-corrected chi connectivity index (χ1v) is 8.32. The Kier molecular flexibility index (Phi) is 4.53. The van der Waals surface area contributed by atoms with E-state index < -0.39 is 5.97 Å². The monoisotopic (exact) mass is 312 g/mol. The summed E-state index contributed by atoms with van der Waals surface area (Å²) in [4.78, 5) is 11.8. The summed E-state index contributed by atoms with van der Waals surface area (Å²) in [7, 11) is 0. The van der Waals surface area contributed by atoms with Gasteiger partial charge in [-0.3, -0.25) is 0 Å². The predicted octanol–water partition coefficient (Wildman–Crippen LogP) is 3.82. The molecule has 1 fully saturated rings. The van der Waals surface area contributed by atoms with Crippen molar-refractivity contribution in [3.8, 4) is 5.69 Å². The second-order valence-corrected chi connectivity index (χ2v) is 6.36. The summed E-state index contributed by atoms with van der Waals surface area (Å²) < 4.78 is 2.05. The Bertz CT molecular complexity index is 698. The summed E-state index contributed by atoms with van der Waals surface area (Å²) in [6.45, 7) is 4.53. The van der Waals surface area contributed by atoms with Gasteiger partial charge in [0.05, 0.1) is 5.56 Å². The molecule has 2 N–H and O–H groups in total. The minimum atomic E-state index is -0.844. The highest BCUT2D eigenvalue weighted by molar-refractivity contribution is 5.91. The van der Waals surface area contributed by atoms with Crippen molar-refractivity contribution in [2.75, 3.05) is 0 Å². The molecule has 1 aromatic heterocycles. The third kappa shape index (κ3) is 3.04. The van der Waals surface area contributed by atoms with Gasteiger partial charge in [-0.1, -0.05) is 31.0 Å². The zero-order valence-electron chi connectivity index (χ0n) is 13.8. The van der Waals surface area contributed by atoms with Crippen LogP contribution in [0.25, 0.3) is 5.69 Å². The standard InChI is InChI=1S/C19H24N2O2/c1-13-17(12-20-15-8-6-7-9-15)18(19(22)23)14(2)21(13)16-10-4-3-5-11-16/h3-5,10-11,15,20H,6-9,12H2,1-2H3,(H,22,23). The number of nitrogens with zero attached hydrogens (tertiary/aromatic N) is 1. The lowest BCUT2D eigenvalue weighted by Gasteiger charge is -2.13. The van der Waals surface area contributed by atoms with Crippen molar-refractivity contribution in [1.29, 1.82) is 0 Å². The van der Waals surface area contributed by atoms with E-state index in [0.29, 0.717) is 18.2 Å². The molecule has 122 valence electrons. The van der Waals surface area contributed by atoms with Gasteiger partial charge in [0, 0.05) is 35.2 Å². The molecule has 2 aromatic rings. The van der Waals surface area contributed by atoms with Crippen molar-refractivity contribution in [1.82, 2.24) is 9.88 Å². The van der Waals surface area contributed by atoms with Crippen molar-refractivity contribution in [3.05, 3.63) is 52.8 Å². The average Bonchev–Trinajstić information content (AvgIpc) is 3.12. The van der Waals surface area contributed by atoms with Crippen molar-refractivity contribution in [2.24, 2.45) is 0 Å². The number of carboxylic acid groups (broad SMARTS) is 1. The number of rotatable bonds is 5. The molecule has 1 heterocycles. The first-order valence-electron chi connectivity index (χ1n) is 8.32. The highest BCUT2D eigenvalue weighted by Crippen LogP contribution is 2.27. The first kappa shape index (κ1) is 15.8. The zero-order valence-corrected chi connectivity index (χ0v) is 13.8. The van der Waals surface area contributed by atoms with Crippen LogP contribution in [0.4, 0.5) is 0 Å². The lowest BCUT2D eigenvalue weighted by atomic mass is 10.1. The molecule has 0 radical (unpaired) electrons. The number of carbonyl (C=O) groups is 1. The molecule has 23 heavy (non-hydrogen) atoms. The second-order valence-electron chi connectivity index (χ2n) is 6.36. The van der Waals surface area contributed by atoms with Crippen LogP contribution in [0.5, 0.6) is 0 Å². The Balaban J connectivity index is 1.98. The van der Waals surface area contributed by atoms with E-state index >= 15 is 0 Å². The molecule has 0 amide bonds. The van der Waals surface area contributed by atoms with E-state index in [2.05, 4.69) is 9.88 Å². The summed E-state index contributed by atoms with van der Waals surface area (Å²) >= 11 is 0. The molecule has 1 aliphatic rings. The number of nitrogens with one attached hydrogen (secondary N) is 1. The number of benzene rings is 1. The SMILES string of the molecule is Cc1c(CNC2CCCC2)c(C(=O)O)c(C)n1-c1ccccc1. The minimum Gasteiger partial charge on any atom is -0.478 e. The summed E-state index contributed by atoms with van der Waals surface area (Å²) in [6.07, 6.45) is 4.93. The summed E-state index contributed by atoms with van der Waals surface area (Å²) in [5.74, 6) is -0.844. The van der Waals surface area contributed by atoms with E-state index in [1.165, 1.54) is 25.7 Å². The van der Waals surface area contributed by atoms with Gasteiger partial charge >= 0.3 is 5.97 Å². The Labute approximate surface area is 137 Å². The number of aromatic carboxylic acids is 1. The van der Waals surface area contributed by atoms with E-state index in [1.807, 2.05) is 44.2 Å². The van der Waals surface area contributed by atoms with Gasteiger partial charge < -0.3 is 15.0 Å². The van der Waals surface area contributed by atoms with Gasteiger partial charge in [-0.25, -0.2) is 4.79 Å². The lowest BCUT2D eigenvalue weighted by Crippen LogP contribution is -2.26. The molecule has 0 spiro atoms. The number of hydrogen-bond donors (Lipinski definition) is 2. The van der Waals surface area contributed by atoms with Crippen LogP contribution in [0.15, 0.2) is 30.3 Å². The van der Waals surface area contributed by atoms with Crippen molar-refractivity contribution >= 4 is 5.97 Å². The number of aromatic nitrogens is 1. The topological polar surface area (TPSA) is 54.3 Å². The van der Waals surface area contributed by atoms with Gasteiger partial charge in [0.2, 0.25) is 0 Å². The van der Waals surface area contributed by atoms with Crippen LogP contribution in [-0.4, -0.2) is 21.7 Å². The molecule has 0 atom stereocenters. The quantitative estimate of drug-likeness (QED) is 0.882. The minimum absolute atomic E-state index is 0.442. The number of carboxylic acids is 1. The van der Waals surface area contributed by atoms with E-state index in [9.17, 15) is 9.90 Å². The maximum Gasteiger partial charge on any atom is 0.337 e. The largest absolute Gasteiger partial charge is 0.478 e. The first-order chi connectivity index (χ1) is 11.1. The smallest absolute Gasteiger partial charge is 0.337 e. The van der Waals surface area contributed by atoms with E-state index in [0.717, 1.165) is 22.6 Å². The highest BCUT2D eigenvalue weighted by atomic mass is 16.4. The van der Waals surface area contributed by atoms with Crippen molar-refractivity contribution in [3.63, 3.8) is 0 Å². The van der Waals surface area contributed by atoms with Gasteiger partial charge in [-0.15, -0.1) is 0 Å². The van der Waals surface area contributed by atoms with Gasteiger partial charge in [0.25, 0.3) is 0 Å². The fourth-order valence-electron chi connectivity index (χ4n) is 3.74. The molecule has 3 rings (SSSR count). The Hall–Kier alpha value is -2.07. The number of hydrogen-bond acceptors (Lipinski definition) is 2. The molecule has 4 nitrogen and oxygen atoms in total. The van der Waals surface area contributed by atoms with Gasteiger partial charge in [0.15, 0.2) is 0 Å². The molecule has 0 unspecified atom stereocenters. The highest BCUT2D eigenvalue weighted by Gasteiger charge is 2.24. The molecule has 1 aromatic carbocycles. The van der Waals surface area contributed by atoms with Crippen LogP contribution in [0.3, 0.4) is 0 Å². The van der Waals surface area contributed by atoms with Crippen molar-refractivity contribution in [2.45, 2.75) is 52.1 Å². The molecular formula is C19H24N2O2. The third-order valence-electron chi connectivity index (χ3n) is 4.92. The van der Waals surface area contributed by atoms with Crippen LogP contribution in [0, 0.1) is 13.8 Å². The maximum absolute atomic E-state index is 11.8. The van der Waals surface area contributed by atoms with Crippen LogP contribution in [-0.2, 0) is 6.54 Å². The van der Waals surface area contributed by atoms with Crippen molar-refractivity contribution < 1.29 is 9.90 Å². The normalized spacial score (nSPS) is 15.2. The lowest BCUT2D eigenvalue weighted by molar-refractivity contribution is 0.0694. The molecule has 0 saturated heterocycles. The Morgan fingerprint density at radius 3 is 2.43 bits per heavy atom. The number of para-hydroxylation sites is 1.